The molecule has 8 heteroatoms. The Labute approximate surface area is 202 Å². The molecule has 0 unspecified atom stereocenters. The van der Waals surface area contributed by atoms with Gasteiger partial charge in [0, 0.05) is 18.4 Å². The Hall–Kier alpha value is -4.43. The molecule has 0 spiro atoms. The van der Waals surface area contributed by atoms with Gasteiger partial charge in [0.25, 0.3) is 5.91 Å². The van der Waals surface area contributed by atoms with Crippen molar-refractivity contribution in [1.29, 1.82) is 0 Å². The number of rotatable bonds is 8. The number of para-hydroxylation sites is 1. The number of methoxy groups -OCH3 is 1. The molecular formula is C27H24N4O4. The van der Waals surface area contributed by atoms with E-state index in [0.717, 1.165) is 16.9 Å². The van der Waals surface area contributed by atoms with Crippen LogP contribution in [0.25, 0.3) is 11.1 Å². The summed E-state index contributed by atoms with van der Waals surface area (Å²) in [6.45, 7) is 0.288. The van der Waals surface area contributed by atoms with Gasteiger partial charge in [-0.3, -0.25) is 9.59 Å². The van der Waals surface area contributed by atoms with Gasteiger partial charge in [0.2, 0.25) is 5.91 Å². The van der Waals surface area contributed by atoms with Crippen molar-refractivity contribution >= 4 is 23.3 Å². The van der Waals surface area contributed by atoms with Crippen LogP contribution in [0.5, 0.6) is 11.5 Å². The van der Waals surface area contributed by atoms with E-state index in [1.807, 2.05) is 60.7 Å². The summed E-state index contributed by atoms with van der Waals surface area (Å²) in [5, 5.41) is 10.4. The third-order valence-electron chi connectivity index (χ3n) is 5.66. The number of carbonyl (C=O) groups is 2. The molecule has 0 fully saturated rings. The molecule has 35 heavy (non-hydrogen) atoms. The molecular weight excluding hydrogens is 444 g/mol. The zero-order valence-corrected chi connectivity index (χ0v) is 19.1. The number of nitrogens with zero attached hydrogens (tertiary/aromatic N) is 2. The van der Waals surface area contributed by atoms with Crippen LogP contribution in [0.3, 0.4) is 0 Å². The van der Waals surface area contributed by atoms with Crippen LogP contribution in [-0.4, -0.2) is 28.7 Å². The number of carbonyl (C=O) groups excluding carboxylic acids is 2. The van der Waals surface area contributed by atoms with E-state index < -0.39 is 6.04 Å². The van der Waals surface area contributed by atoms with Gasteiger partial charge >= 0.3 is 0 Å². The molecule has 5 rings (SSSR count). The van der Waals surface area contributed by atoms with Gasteiger partial charge in [-0.15, -0.1) is 0 Å². The molecule has 1 atom stereocenters. The van der Waals surface area contributed by atoms with Crippen LogP contribution in [-0.2, 0) is 20.9 Å². The van der Waals surface area contributed by atoms with E-state index in [1.165, 1.54) is 0 Å². The average molecular weight is 469 g/mol. The van der Waals surface area contributed by atoms with Crippen LogP contribution in [0.15, 0.2) is 84.9 Å². The van der Waals surface area contributed by atoms with Crippen molar-refractivity contribution < 1.29 is 19.1 Å². The minimum absolute atomic E-state index is 0.0522. The Morgan fingerprint density at radius 1 is 0.971 bits per heavy atom. The van der Waals surface area contributed by atoms with E-state index in [1.54, 1.807) is 36.1 Å². The molecule has 0 radical (unpaired) electrons. The van der Waals surface area contributed by atoms with Gasteiger partial charge in [0.05, 0.1) is 18.7 Å². The highest BCUT2D eigenvalue weighted by Crippen LogP contribution is 2.38. The normalized spacial score (nSPS) is 14.3. The summed E-state index contributed by atoms with van der Waals surface area (Å²) in [4.78, 5) is 25.6. The standard InChI is InChI=1S/C27H24N4O4/c1-34-17-22-25(18-8-4-2-5-9-18)26-29-27(33)23(31(26)30-22)16-24(32)28-19-12-14-21(15-13-19)35-20-10-6-3-7-11-20/h2-15,23H,16-17H2,1H3,(H,28,32)(H,29,33)/t23-/m0/s1. The summed E-state index contributed by atoms with van der Waals surface area (Å²) in [5.41, 5.74) is 3.04. The molecule has 0 aliphatic carbocycles. The lowest BCUT2D eigenvalue weighted by atomic mass is 10.1. The molecule has 1 aliphatic heterocycles. The first kappa shape index (κ1) is 22.4. The Morgan fingerprint density at radius 2 is 1.63 bits per heavy atom. The van der Waals surface area contributed by atoms with Gasteiger partial charge < -0.3 is 20.1 Å². The van der Waals surface area contributed by atoms with Crippen LogP contribution in [0, 0.1) is 0 Å². The second-order valence-corrected chi connectivity index (χ2v) is 8.11. The van der Waals surface area contributed by atoms with Gasteiger partial charge in [-0.1, -0.05) is 48.5 Å². The highest BCUT2D eigenvalue weighted by molar-refractivity contribution is 6.04. The molecule has 2 amide bonds. The van der Waals surface area contributed by atoms with E-state index >= 15 is 0 Å². The lowest BCUT2D eigenvalue weighted by molar-refractivity contribution is -0.123. The van der Waals surface area contributed by atoms with E-state index in [-0.39, 0.29) is 24.8 Å². The number of hydrogen-bond donors (Lipinski definition) is 2. The van der Waals surface area contributed by atoms with Crippen LogP contribution in [0.1, 0.15) is 18.2 Å². The molecule has 3 aromatic carbocycles. The van der Waals surface area contributed by atoms with E-state index in [4.69, 9.17) is 9.47 Å². The van der Waals surface area contributed by atoms with Crippen LogP contribution < -0.4 is 15.4 Å². The number of nitrogens with one attached hydrogen (secondary N) is 2. The van der Waals surface area contributed by atoms with Gasteiger partial charge in [0.1, 0.15) is 23.4 Å². The molecule has 2 heterocycles. The third kappa shape index (κ3) is 4.78. The summed E-state index contributed by atoms with van der Waals surface area (Å²) < 4.78 is 12.7. The van der Waals surface area contributed by atoms with Gasteiger partial charge in [-0.25, -0.2) is 4.68 Å². The van der Waals surface area contributed by atoms with Gasteiger partial charge in [-0.2, -0.15) is 5.10 Å². The van der Waals surface area contributed by atoms with Crippen molar-refractivity contribution in [2.45, 2.75) is 19.1 Å². The number of amides is 2. The van der Waals surface area contributed by atoms with E-state index in [2.05, 4.69) is 15.7 Å². The smallest absolute Gasteiger partial charge is 0.251 e. The number of aromatic nitrogens is 2. The second-order valence-electron chi connectivity index (χ2n) is 8.11. The summed E-state index contributed by atoms with van der Waals surface area (Å²) in [6.07, 6.45) is -0.0522. The molecule has 0 saturated heterocycles. The molecule has 1 aliphatic rings. The fraction of sp³-hybridized carbons (Fsp3) is 0.148. The summed E-state index contributed by atoms with van der Waals surface area (Å²) >= 11 is 0. The average Bonchev–Trinajstić information content (AvgIpc) is 3.36. The summed E-state index contributed by atoms with van der Waals surface area (Å²) in [6, 6.07) is 25.5. The largest absolute Gasteiger partial charge is 0.457 e. The molecule has 0 saturated carbocycles. The SMILES string of the molecule is COCc1nn2c(c1-c1ccccc1)NC(=O)[C@@H]2CC(=O)Nc1ccc(Oc2ccccc2)cc1. The highest BCUT2D eigenvalue weighted by Gasteiger charge is 2.37. The fourth-order valence-electron chi connectivity index (χ4n) is 4.08. The maximum absolute atomic E-state index is 12.8. The number of fused-ring (bicyclic) bond motifs is 1. The van der Waals surface area contributed by atoms with E-state index in [0.29, 0.717) is 22.9 Å². The number of ether oxygens (including phenoxy) is 2. The maximum atomic E-state index is 12.8. The maximum Gasteiger partial charge on any atom is 0.251 e. The predicted octanol–water partition coefficient (Wildman–Crippen LogP) is 5.01. The number of hydrogen-bond acceptors (Lipinski definition) is 5. The Balaban J connectivity index is 1.30. The lowest BCUT2D eigenvalue weighted by Crippen LogP contribution is -2.24. The number of anilines is 2. The topological polar surface area (TPSA) is 94.5 Å². The van der Waals surface area contributed by atoms with Crippen molar-refractivity contribution in [1.82, 2.24) is 9.78 Å². The zero-order valence-electron chi connectivity index (χ0n) is 19.1. The third-order valence-corrected chi connectivity index (χ3v) is 5.66. The quantitative estimate of drug-likeness (QED) is 0.379. The first-order valence-electron chi connectivity index (χ1n) is 11.2. The Morgan fingerprint density at radius 3 is 2.31 bits per heavy atom. The highest BCUT2D eigenvalue weighted by atomic mass is 16.5. The van der Waals surface area contributed by atoms with Crippen molar-refractivity contribution in [3.05, 3.63) is 90.6 Å². The van der Waals surface area contributed by atoms with Crippen molar-refractivity contribution in [2.24, 2.45) is 0 Å². The minimum Gasteiger partial charge on any atom is -0.457 e. The van der Waals surface area contributed by atoms with Crippen molar-refractivity contribution in [3.63, 3.8) is 0 Å². The first-order chi connectivity index (χ1) is 17.1. The predicted molar refractivity (Wildman–Crippen MR) is 132 cm³/mol. The summed E-state index contributed by atoms with van der Waals surface area (Å²) in [7, 11) is 1.60. The Bertz CT molecular complexity index is 1340. The molecule has 0 bridgehead atoms. The van der Waals surface area contributed by atoms with Crippen LogP contribution in [0.2, 0.25) is 0 Å². The van der Waals surface area contributed by atoms with Crippen molar-refractivity contribution in [2.75, 3.05) is 17.7 Å². The van der Waals surface area contributed by atoms with Crippen LogP contribution in [0.4, 0.5) is 11.5 Å². The molecule has 1 aromatic heterocycles. The minimum atomic E-state index is -0.751. The van der Waals surface area contributed by atoms with Gasteiger partial charge in [-0.05, 0) is 42.0 Å². The molecule has 8 nitrogen and oxygen atoms in total. The monoisotopic (exact) mass is 468 g/mol. The summed E-state index contributed by atoms with van der Waals surface area (Å²) in [5.74, 6) is 1.41. The lowest BCUT2D eigenvalue weighted by Gasteiger charge is -2.11. The number of benzene rings is 3. The molecule has 4 aromatic rings. The zero-order chi connectivity index (χ0) is 24.2. The van der Waals surface area contributed by atoms with Crippen molar-refractivity contribution in [3.8, 4) is 22.6 Å². The van der Waals surface area contributed by atoms with E-state index in [9.17, 15) is 9.59 Å². The first-order valence-corrected chi connectivity index (χ1v) is 11.2. The van der Waals surface area contributed by atoms with Crippen LogP contribution >= 0.6 is 0 Å². The Kier molecular flexibility index (Phi) is 6.28. The molecule has 2 N–H and O–H groups in total. The molecule has 176 valence electrons. The fourth-order valence-corrected chi connectivity index (χ4v) is 4.08. The second kappa shape index (κ2) is 9.82. The van der Waals surface area contributed by atoms with Gasteiger partial charge in [0.15, 0.2) is 0 Å².